The van der Waals surface area contributed by atoms with Crippen LogP contribution in [0.1, 0.15) is 36.8 Å². The van der Waals surface area contributed by atoms with Gasteiger partial charge < -0.3 is 10.4 Å². The number of benzene rings is 1. The zero-order valence-corrected chi connectivity index (χ0v) is 10.4. The van der Waals surface area contributed by atoms with E-state index in [1.54, 1.807) is 12.1 Å². The SMILES string of the molecule is Cc1cc(NC2(C(=O)O)CCCC2)ccc1C#N. The molecule has 0 radical (unpaired) electrons. The molecule has 94 valence electrons. The number of nitriles is 1. The van der Waals surface area contributed by atoms with Gasteiger partial charge in [-0.15, -0.1) is 0 Å². The maximum absolute atomic E-state index is 11.4. The second-order valence-corrected chi connectivity index (χ2v) is 4.86. The summed E-state index contributed by atoms with van der Waals surface area (Å²) in [5.74, 6) is -0.790. The predicted molar refractivity (Wildman–Crippen MR) is 68.4 cm³/mol. The van der Waals surface area contributed by atoms with E-state index < -0.39 is 11.5 Å². The summed E-state index contributed by atoms with van der Waals surface area (Å²) < 4.78 is 0. The first-order chi connectivity index (χ1) is 8.57. The maximum Gasteiger partial charge on any atom is 0.329 e. The van der Waals surface area contributed by atoms with E-state index in [9.17, 15) is 9.90 Å². The van der Waals surface area contributed by atoms with E-state index in [1.165, 1.54) is 0 Å². The summed E-state index contributed by atoms with van der Waals surface area (Å²) in [6.45, 7) is 1.85. The summed E-state index contributed by atoms with van der Waals surface area (Å²) >= 11 is 0. The molecule has 2 N–H and O–H groups in total. The number of anilines is 1. The van der Waals surface area contributed by atoms with Crippen molar-refractivity contribution in [3.05, 3.63) is 29.3 Å². The quantitative estimate of drug-likeness (QED) is 0.857. The molecule has 0 bridgehead atoms. The lowest BCUT2D eigenvalue weighted by Crippen LogP contribution is -2.43. The molecule has 0 amide bonds. The maximum atomic E-state index is 11.4. The van der Waals surface area contributed by atoms with Crippen molar-refractivity contribution in [2.45, 2.75) is 38.1 Å². The van der Waals surface area contributed by atoms with Crippen LogP contribution in [-0.2, 0) is 4.79 Å². The van der Waals surface area contributed by atoms with Crippen LogP contribution in [0.15, 0.2) is 18.2 Å². The number of aryl methyl sites for hydroxylation is 1. The van der Waals surface area contributed by atoms with Crippen molar-refractivity contribution in [3.63, 3.8) is 0 Å². The molecule has 0 aliphatic heterocycles. The monoisotopic (exact) mass is 244 g/mol. The van der Waals surface area contributed by atoms with Crippen molar-refractivity contribution in [2.75, 3.05) is 5.32 Å². The number of carboxylic acid groups (broad SMARTS) is 1. The van der Waals surface area contributed by atoms with Crippen LogP contribution >= 0.6 is 0 Å². The number of hydrogen-bond donors (Lipinski definition) is 2. The number of carboxylic acids is 1. The molecule has 1 aromatic carbocycles. The minimum Gasteiger partial charge on any atom is -0.480 e. The molecule has 1 fully saturated rings. The molecule has 0 heterocycles. The van der Waals surface area contributed by atoms with Gasteiger partial charge in [-0.3, -0.25) is 0 Å². The molecule has 1 saturated carbocycles. The second kappa shape index (κ2) is 4.69. The Balaban J connectivity index is 2.25. The van der Waals surface area contributed by atoms with Crippen molar-refractivity contribution < 1.29 is 9.90 Å². The molecule has 0 spiro atoms. The van der Waals surface area contributed by atoms with Crippen molar-refractivity contribution in [2.24, 2.45) is 0 Å². The van der Waals surface area contributed by atoms with Gasteiger partial charge in [-0.2, -0.15) is 5.26 Å². The summed E-state index contributed by atoms with van der Waals surface area (Å²) in [6, 6.07) is 7.44. The minimum absolute atomic E-state index is 0.622. The van der Waals surface area contributed by atoms with Crippen LogP contribution in [0.5, 0.6) is 0 Å². The molecule has 1 aliphatic carbocycles. The van der Waals surface area contributed by atoms with Gasteiger partial charge in [0.05, 0.1) is 11.6 Å². The van der Waals surface area contributed by atoms with Gasteiger partial charge in [-0.05, 0) is 43.5 Å². The first-order valence-electron chi connectivity index (χ1n) is 6.10. The van der Waals surface area contributed by atoms with E-state index >= 15 is 0 Å². The molecule has 0 saturated heterocycles. The van der Waals surface area contributed by atoms with Crippen molar-refractivity contribution in [1.82, 2.24) is 0 Å². The number of nitrogens with zero attached hydrogens (tertiary/aromatic N) is 1. The fourth-order valence-corrected chi connectivity index (χ4v) is 2.51. The molecule has 2 rings (SSSR count). The van der Waals surface area contributed by atoms with Crippen LogP contribution < -0.4 is 5.32 Å². The van der Waals surface area contributed by atoms with E-state index in [-0.39, 0.29) is 0 Å². The van der Waals surface area contributed by atoms with Crippen molar-refractivity contribution in [3.8, 4) is 6.07 Å². The van der Waals surface area contributed by atoms with Crippen LogP contribution in [0.2, 0.25) is 0 Å². The van der Waals surface area contributed by atoms with Crippen molar-refractivity contribution in [1.29, 1.82) is 5.26 Å². The standard InChI is InChI=1S/C14H16N2O2/c1-10-8-12(5-4-11(10)9-15)16-14(13(17)18)6-2-3-7-14/h4-5,8,16H,2-3,6-7H2,1H3,(H,17,18). The third-order valence-corrected chi connectivity index (χ3v) is 3.60. The molecule has 0 aromatic heterocycles. The lowest BCUT2D eigenvalue weighted by atomic mass is 9.97. The van der Waals surface area contributed by atoms with Crippen LogP contribution in [0.4, 0.5) is 5.69 Å². The zero-order valence-electron chi connectivity index (χ0n) is 10.4. The Morgan fingerprint density at radius 3 is 2.61 bits per heavy atom. The summed E-state index contributed by atoms with van der Waals surface area (Å²) in [4.78, 5) is 11.4. The van der Waals surface area contributed by atoms with Gasteiger partial charge in [0.2, 0.25) is 0 Å². The highest BCUT2D eigenvalue weighted by Crippen LogP contribution is 2.33. The van der Waals surface area contributed by atoms with Crippen molar-refractivity contribution >= 4 is 11.7 Å². The smallest absolute Gasteiger partial charge is 0.329 e. The van der Waals surface area contributed by atoms with Gasteiger partial charge in [0.25, 0.3) is 0 Å². The summed E-state index contributed by atoms with van der Waals surface area (Å²) in [5, 5.41) is 21.4. The zero-order chi connectivity index (χ0) is 13.2. The molecule has 0 atom stereocenters. The molecular formula is C14H16N2O2. The van der Waals surface area contributed by atoms with E-state index in [0.717, 1.165) is 24.1 Å². The van der Waals surface area contributed by atoms with Crippen LogP contribution in [-0.4, -0.2) is 16.6 Å². The van der Waals surface area contributed by atoms with Gasteiger partial charge >= 0.3 is 5.97 Å². The lowest BCUT2D eigenvalue weighted by Gasteiger charge is -2.26. The molecule has 1 aliphatic rings. The van der Waals surface area contributed by atoms with Crippen LogP contribution in [0, 0.1) is 18.3 Å². The second-order valence-electron chi connectivity index (χ2n) is 4.86. The number of aliphatic carboxylic acids is 1. The number of nitrogens with one attached hydrogen (secondary N) is 1. The normalized spacial score (nSPS) is 17.1. The number of hydrogen-bond acceptors (Lipinski definition) is 3. The van der Waals surface area contributed by atoms with Gasteiger partial charge in [-0.25, -0.2) is 4.79 Å². The number of rotatable bonds is 3. The third kappa shape index (κ3) is 2.17. The highest BCUT2D eigenvalue weighted by molar-refractivity contribution is 5.83. The average molecular weight is 244 g/mol. The summed E-state index contributed by atoms with van der Waals surface area (Å²) in [7, 11) is 0. The van der Waals surface area contributed by atoms with Crippen LogP contribution in [0.25, 0.3) is 0 Å². The average Bonchev–Trinajstić information content (AvgIpc) is 2.79. The molecular weight excluding hydrogens is 228 g/mol. The van der Waals surface area contributed by atoms with Gasteiger partial charge in [0.1, 0.15) is 5.54 Å². The Morgan fingerprint density at radius 2 is 2.11 bits per heavy atom. The topological polar surface area (TPSA) is 73.1 Å². The summed E-state index contributed by atoms with van der Waals surface area (Å²) in [5.41, 5.74) is 1.42. The number of carbonyl (C=O) groups is 1. The van der Waals surface area contributed by atoms with E-state index in [2.05, 4.69) is 11.4 Å². The van der Waals surface area contributed by atoms with E-state index in [4.69, 9.17) is 5.26 Å². The Morgan fingerprint density at radius 1 is 1.44 bits per heavy atom. The molecule has 4 heteroatoms. The Hall–Kier alpha value is -2.02. The van der Waals surface area contributed by atoms with Gasteiger partial charge in [-0.1, -0.05) is 12.8 Å². The van der Waals surface area contributed by atoms with Gasteiger partial charge in [0, 0.05) is 5.69 Å². The summed E-state index contributed by atoms with van der Waals surface area (Å²) in [6.07, 6.45) is 3.19. The molecule has 18 heavy (non-hydrogen) atoms. The van der Waals surface area contributed by atoms with E-state index in [0.29, 0.717) is 18.4 Å². The fourth-order valence-electron chi connectivity index (χ4n) is 2.51. The van der Waals surface area contributed by atoms with Crippen LogP contribution in [0.3, 0.4) is 0 Å². The Labute approximate surface area is 106 Å². The largest absolute Gasteiger partial charge is 0.480 e. The first-order valence-corrected chi connectivity index (χ1v) is 6.10. The van der Waals surface area contributed by atoms with E-state index in [1.807, 2.05) is 13.0 Å². The Bertz CT molecular complexity index is 511. The Kier molecular flexibility index (Phi) is 3.24. The predicted octanol–water partition coefficient (Wildman–Crippen LogP) is 2.68. The van der Waals surface area contributed by atoms with Gasteiger partial charge in [0.15, 0.2) is 0 Å². The molecule has 0 unspecified atom stereocenters. The fraction of sp³-hybridized carbons (Fsp3) is 0.429. The highest BCUT2D eigenvalue weighted by atomic mass is 16.4. The minimum atomic E-state index is -0.833. The molecule has 1 aromatic rings. The lowest BCUT2D eigenvalue weighted by molar-refractivity contribution is -0.142. The highest BCUT2D eigenvalue weighted by Gasteiger charge is 2.41. The molecule has 4 nitrogen and oxygen atoms in total. The third-order valence-electron chi connectivity index (χ3n) is 3.60. The first kappa shape index (κ1) is 12.4.